The van der Waals surface area contributed by atoms with E-state index in [1.165, 1.54) is 11.8 Å². The van der Waals surface area contributed by atoms with Gasteiger partial charge in [-0.25, -0.2) is 4.99 Å². The fourth-order valence-electron chi connectivity index (χ4n) is 4.53. The number of hydrogen-bond donors (Lipinski definition) is 2. The van der Waals surface area contributed by atoms with Crippen LogP contribution in [-0.4, -0.2) is 47.2 Å². The van der Waals surface area contributed by atoms with E-state index in [-0.39, 0.29) is 18.1 Å². The Morgan fingerprint density at radius 3 is 2.43 bits per heavy atom. The summed E-state index contributed by atoms with van der Waals surface area (Å²) in [5.41, 5.74) is 6.92. The standard InChI is InChI=1S/C29H27N5O3/c1-19(35)18-23(32-34-17-16-20-10-6-8-14-24(20)34)28(36)31-27-29(37)33(2)25-15-9-7-13-22(25)26(30-27)21-11-4-3-5-12-21/h3-17,23,27,32H,18H2,1-2H3,(H,31,36)/t23-,27+/m0/s1. The van der Waals surface area contributed by atoms with Gasteiger partial charge >= 0.3 is 0 Å². The van der Waals surface area contributed by atoms with Crippen LogP contribution in [0.25, 0.3) is 10.9 Å². The van der Waals surface area contributed by atoms with Gasteiger partial charge in [0, 0.05) is 36.2 Å². The summed E-state index contributed by atoms with van der Waals surface area (Å²) in [7, 11) is 1.67. The summed E-state index contributed by atoms with van der Waals surface area (Å²) in [6.45, 7) is 1.43. The number of carbonyl (C=O) groups is 3. The molecule has 4 aromatic rings. The van der Waals surface area contributed by atoms with Crippen molar-refractivity contribution in [2.75, 3.05) is 17.4 Å². The number of aromatic nitrogens is 1. The Bertz CT molecular complexity index is 1510. The van der Waals surface area contributed by atoms with Crippen molar-refractivity contribution in [2.45, 2.75) is 25.6 Å². The minimum Gasteiger partial charge on any atom is -0.325 e. The molecule has 37 heavy (non-hydrogen) atoms. The molecule has 186 valence electrons. The van der Waals surface area contributed by atoms with Crippen LogP contribution in [-0.2, 0) is 14.4 Å². The smallest absolute Gasteiger partial charge is 0.272 e. The minimum atomic E-state index is -1.17. The van der Waals surface area contributed by atoms with Gasteiger partial charge in [-0.1, -0.05) is 66.7 Å². The molecule has 1 aliphatic rings. The summed E-state index contributed by atoms with van der Waals surface area (Å²) < 4.78 is 1.72. The molecule has 2 heterocycles. The van der Waals surface area contributed by atoms with E-state index in [4.69, 9.17) is 4.99 Å². The van der Waals surface area contributed by atoms with E-state index in [1.807, 2.05) is 84.9 Å². The first-order chi connectivity index (χ1) is 17.9. The molecule has 0 fully saturated rings. The molecular formula is C29H27N5O3. The Morgan fingerprint density at radius 2 is 1.65 bits per heavy atom. The second kappa shape index (κ2) is 10.1. The lowest BCUT2D eigenvalue weighted by Crippen LogP contribution is -2.52. The first-order valence-electron chi connectivity index (χ1n) is 12.0. The summed E-state index contributed by atoms with van der Waals surface area (Å²) in [6, 6.07) is 25.8. The number of para-hydroxylation sites is 2. The lowest BCUT2D eigenvalue weighted by Gasteiger charge is -2.24. The number of likely N-dealkylation sites (N-methyl/N-ethyl adjacent to an activating group) is 1. The lowest BCUT2D eigenvalue weighted by atomic mass is 10.0. The van der Waals surface area contributed by atoms with Gasteiger partial charge in [0.15, 0.2) is 0 Å². The molecule has 8 nitrogen and oxygen atoms in total. The van der Waals surface area contributed by atoms with Crippen LogP contribution in [0, 0.1) is 0 Å². The quantitative estimate of drug-likeness (QED) is 0.412. The maximum atomic E-state index is 13.5. The molecule has 5 rings (SSSR count). The number of nitrogens with zero attached hydrogens (tertiary/aromatic N) is 3. The highest BCUT2D eigenvalue weighted by Crippen LogP contribution is 2.27. The van der Waals surface area contributed by atoms with Gasteiger partial charge < -0.3 is 15.6 Å². The van der Waals surface area contributed by atoms with Gasteiger partial charge in [0.2, 0.25) is 12.1 Å². The van der Waals surface area contributed by atoms with E-state index < -0.39 is 18.1 Å². The minimum absolute atomic E-state index is 0.0510. The van der Waals surface area contributed by atoms with Crippen molar-refractivity contribution >= 4 is 39.9 Å². The van der Waals surface area contributed by atoms with Crippen molar-refractivity contribution in [1.29, 1.82) is 0 Å². The highest BCUT2D eigenvalue weighted by molar-refractivity contribution is 6.20. The van der Waals surface area contributed by atoms with Gasteiger partial charge in [0.05, 0.1) is 16.9 Å². The Hall–Kier alpha value is -4.72. The number of rotatable bonds is 7. The maximum Gasteiger partial charge on any atom is 0.272 e. The van der Waals surface area contributed by atoms with Crippen LogP contribution < -0.4 is 15.6 Å². The molecule has 1 aromatic heterocycles. The van der Waals surface area contributed by atoms with E-state index in [9.17, 15) is 14.4 Å². The number of anilines is 1. The van der Waals surface area contributed by atoms with Crippen LogP contribution in [0.1, 0.15) is 24.5 Å². The first kappa shape index (κ1) is 24.0. The molecule has 2 atom stereocenters. The molecule has 0 unspecified atom stereocenters. The Morgan fingerprint density at radius 1 is 0.946 bits per heavy atom. The molecule has 2 amide bonds. The average molecular weight is 494 g/mol. The molecule has 0 saturated carbocycles. The molecular weight excluding hydrogens is 466 g/mol. The molecule has 0 radical (unpaired) electrons. The second-order valence-electron chi connectivity index (χ2n) is 9.00. The van der Waals surface area contributed by atoms with Crippen molar-refractivity contribution < 1.29 is 14.4 Å². The molecule has 0 saturated heterocycles. The third-order valence-corrected chi connectivity index (χ3v) is 6.37. The molecule has 0 bridgehead atoms. The number of hydrogen-bond acceptors (Lipinski definition) is 5. The molecule has 0 aliphatic carbocycles. The summed E-state index contributed by atoms with van der Waals surface area (Å²) in [4.78, 5) is 45.3. The van der Waals surface area contributed by atoms with Crippen molar-refractivity contribution in [3.8, 4) is 0 Å². The Kier molecular flexibility index (Phi) is 6.55. The van der Waals surface area contributed by atoms with Gasteiger partial charge in [-0.3, -0.25) is 19.1 Å². The average Bonchev–Trinajstić information content (AvgIpc) is 3.28. The number of carbonyl (C=O) groups excluding carboxylic acids is 3. The van der Waals surface area contributed by atoms with E-state index >= 15 is 0 Å². The van der Waals surface area contributed by atoms with E-state index in [0.717, 1.165) is 22.0 Å². The Balaban J connectivity index is 1.48. The summed E-state index contributed by atoms with van der Waals surface area (Å²) in [5, 5.41) is 3.79. The zero-order valence-electron chi connectivity index (χ0n) is 20.6. The number of benzodiazepines with no additional fused rings is 1. The third-order valence-electron chi connectivity index (χ3n) is 6.37. The van der Waals surface area contributed by atoms with Gasteiger partial charge in [0.25, 0.3) is 5.91 Å². The third kappa shape index (κ3) is 4.86. The topological polar surface area (TPSA) is 95.8 Å². The highest BCUT2D eigenvalue weighted by atomic mass is 16.2. The fourth-order valence-corrected chi connectivity index (χ4v) is 4.53. The number of nitrogens with one attached hydrogen (secondary N) is 2. The Labute approximate surface area is 214 Å². The van der Waals surface area contributed by atoms with Crippen molar-refractivity contribution in [1.82, 2.24) is 9.99 Å². The zero-order chi connectivity index (χ0) is 25.9. The normalized spacial score (nSPS) is 15.9. The van der Waals surface area contributed by atoms with Crippen LogP contribution in [0.15, 0.2) is 96.1 Å². The summed E-state index contributed by atoms with van der Waals surface area (Å²) in [6.07, 6.45) is 0.584. The van der Waals surface area contributed by atoms with Crippen molar-refractivity contribution in [3.63, 3.8) is 0 Å². The van der Waals surface area contributed by atoms with Crippen molar-refractivity contribution in [2.24, 2.45) is 4.99 Å². The van der Waals surface area contributed by atoms with Gasteiger partial charge in [-0.2, -0.15) is 0 Å². The highest BCUT2D eigenvalue weighted by Gasteiger charge is 2.33. The predicted molar refractivity (Wildman–Crippen MR) is 144 cm³/mol. The lowest BCUT2D eigenvalue weighted by molar-refractivity contribution is -0.129. The number of benzene rings is 3. The predicted octanol–water partition coefficient (Wildman–Crippen LogP) is 3.49. The van der Waals surface area contributed by atoms with E-state index in [2.05, 4.69) is 10.7 Å². The monoisotopic (exact) mass is 493 g/mol. The first-order valence-corrected chi connectivity index (χ1v) is 12.0. The largest absolute Gasteiger partial charge is 0.325 e. The SMILES string of the molecule is CC(=O)C[C@H](Nn1ccc2ccccc21)C(=O)N[C@H]1N=C(c2ccccc2)c2ccccc2N(C)C1=O. The van der Waals surface area contributed by atoms with Crippen LogP contribution in [0.5, 0.6) is 0 Å². The van der Waals surface area contributed by atoms with Gasteiger partial charge in [-0.15, -0.1) is 0 Å². The maximum absolute atomic E-state index is 13.5. The van der Waals surface area contributed by atoms with Crippen LogP contribution in [0.3, 0.4) is 0 Å². The second-order valence-corrected chi connectivity index (χ2v) is 9.00. The molecule has 0 spiro atoms. The molecule has 2 N–H and O–H groups in total. The summed E-state index contributed by atoms with van der Waals surface area (Å²) in [5.74, 6) is -1.03. The molecule has 3 aromatic carbocycles. The number of aliphatic imine (C=N–C) groups is 1. The van der Waals surface area contributed by atoms with Crippen molar-refractivity contribution in [3.05, 3.63) is 102 Å². The summed E-state index contributed by atoms with van der Waals surface area (Å²) >= 11 is 0. The van der Waals surface area contributed by atoms with Crippen LogP contribution in [0.4, 0.5) is 5.69 Å². The number of fused-ring (bicyclic) bond motifs is 2. The fraction of sp³-hybridized carbons (Fsp3) is 0.172. The van der Waals surface area contributed by atoms with Crippen LogP contribution >= 0.6 is 0 Å². The molecule has 8 heteroatoms. The number of amides is 2. The van der Waals surface area contributed by atoms with E-state index in [0.29, 0.717) is 11.4 Å². The number of ketones is 1. The zero-order valence-corrected chi connectivity index (χ0v) is 20.6. The van der Waals surface area contributed by atoms with Gasteiger partial charge in [-0.05, 0) is 25.1 Å². The number of Topliss-reactive ketones (excluding diaryl/α,β-unsaturated/α-hetero) is 1. The van der Waals surface area contributed by atoms with Gasteiger partial charge in [0.1, 0.15) is 11.8 Å². The van der Waals surface area contributed by atoms with Crippen LogP contribution in [0.2, 0.25) is 0 Å². The van der Waals surface area contributed by atoms with E-state index in [1.54, 1.807) is 17.9 Å². The molecule has 1 aliphatic heterocycles.